The fraction of sp³-hybridized carbons (Fsp3) is 0.533. The highest BCUT2D eigenvalue weighted by Crippen LogP contribution is 2.49. The number of nitrogens with one attached hydrogen (secondary N) is 1. The first-order valence-electron chi connectivity index (χ1n) is 6.99. The van der Waals surface area contributed by atoms with Gasteiger partial charge in [-0.2, -0.15) is 0 Å². The van der Waals surface area contributed by atoms with Gasteiger partial charge in [-0.05, 0) is 55.6 Å². The third-order valence-electron chi connectivity index (χ3n) is 4.24. The molecular formula is C15H19ClN2S. The van der Waals surface area contributed by atoms with Crippen LogP contribution in [0.4, 0.5) is 5.69 Å². The SMILES string of the molecule is NC(=S)c1c(Cl)cccc1NCC(C1CC1)C1CC1. The van der Waals surface area contributed by atoms with E-state index in [1.807, 2.05) is 18.2 Å². The van der Waals surface area contributed by atoms with Crippen LogP contribution in [0.25, 0.3) is 0 Å². The summed E-state index contributed by atoms with van der Waals surface area (Å²) < 4.78 is 0. The summed E-state index contributed by atoms with van der Waals surface area (Å²) in [6.45, 7) is 1.02. The van der Waals surface area contributed by atoms with E-state index in [-0.39, 0.29) is 0 Å². The molecule has 0 heterocycles. The maximum absolute atomic E-state index is 6.18. The van der Waals surface area contributed by atoms with Crippen LogP contribution >= 0.6 is 23.8 Å². The quantitative estimate of drug-likeness (QED) is 0.783. The Morgan fingerprint density at radius 1 is 1.32 bits per heavy atom. The number of hydrogen-bond donors (Lipinski definition) is 2. The zero-order valence-electron chi connectivity index (χ0n) is 10.9. The van der Waals surface area contributed by atoms with Crippen LogP contribution in [0.5, 0.6) is 0 Å². The van der Waals surface area contributed by atoms with Crippen LogP contribution in [0.3, 0.4) is 0 Å². The number of hydrogen-bond acceptors (Lipinski definition) is 2. The van der Waals surface area contributed by atoms with Gasteiger partial charge in [-0.25, -0.2) is 0 Å². The summed E-state index contributed by atoms with van der Waals surface area (Å²) in [7, 11) is 0. The van der Waals surface area contributed by atoms with E-state index in [1.54, 1.807) is 0 Å². The Morgan fingerprint density at radius 3 is 2.47 bits per heavy atom. The minimum atomic E-state index is 0.363. The number of anilines is 1. The van der Waals surface area contributed by atoms with Crippen LogP contribution in [0.2, 0.25) is 5.02 Å². The Hall–Kier alpha value is -0.800. The van der Waals surface area contributed by atoms with Gasteiger partial charge in [0.05, 0.1) is 10.6 Å². The van der Waals surface area contributed by atoms with Gasteiger partial charge in [0.1, 0.15) is 4.99 Å². The van der Waals surface area contributed by atoms with Gasteiger partial charge in [0, 0.05) is 12.2 Å². The molecule has 0 bridgehead atoms. The minimum absolute atomic E-state index is 0.363. The third kappa shape index (κ3) is 3.03. The van der Waals surface area contributed by atoms with Crippen molar-refractivity contribution in [2.75, 3.05) is 11.9 Å². The van der Waals surface area contributed by atoms with Crippen LogP contribution < -0.4 is 11.1 Å². The first-order valence-corrected chi connectivity index (χ1v) is 7.77. The van der Waals surface area contributed by atoms with E-state index < -0.39 is 0 Å². The highest BCUT2D eigenvalue weighted by molar-refractivity contribution is 7.80. The number of halogens is 1. The molecule has 2 aliphatic rings. The molecule has 0 saturated heterocycles. The maximum atomic E-state index is 6.18. The van der Waals surface area contributed by atoms with Gasteiger partial charge >= 0.3 is 0 Å². The lowest BCUT2D eigenvalue weighted by molar-refractivity contribution is 0.428. The molecular weight excluding hydrogens is 276 g/mol. The second-order valence-electron chi connectivity index (χ2n) is 5.75. The van der Waals surface area contributed by atoms with E-state index in [1.165, 1.54) is 25.7 Å². The van der Waals surface area contributed by atoms with Crippen molar-refractivity contribution in [2.24, 2.45) is 23.5 Å². The van der Waals surface area contributed by atoms with Crippen LogP contribution in [-0.2, 0) is 0 Å². The predicted octanol–water partition coefficient (Wildman–Crippen LogP) is 3.82. The summed E-state index contributed by atoms with van der Waals surface area (Å²) in [5, 5.41) is 4.16. The van der Waals surface area contributed by atoms with E-state index in [0.717, 1.165) is 35.5 Å². The molecule has 1 aromatic rings. The van der Waals surface area contributed by atoms with Gasteiger partial charge in [-0.15, -0.1) is 0 Å². The van der Waals surface area contributed by atoms with E-state index in [0.29, 0.717) is 10.0 Å². The number of rotatable bonds is 6. The molecule has 2 aliphatic carbocycles. The summed E-state index contributed by atoms with van der Waals surface area (Å²) in [6, 6.07) is 5.79. The van der Waals surface area contributed by atoms with Crippen molar-refractivity contribution in [1.82, 2.24) is 0 Å². The largest absolute Gasteiger partial charge is 0.389 e. The van der Waals surface area contributed by atoms with Gasteiger partial charge in [0.15, 0.2) is 0 Å². The molecule has 0 unspecified atom stereocenters. The molecule has 0 radical (unpaired) electrons. The van der Waals surface area contributed by atoms with E-state index in [9.17, 15) is 0 Å². The fourth-order valence-corrected chi connectivity index (χ4v) is 3.47. The van der Waals surface area contributed by atoms with Crippen molar-refractivity contribution in [3.05, 3.63) is 28.8 Å². The molecule has 0 aromatic heterocycles. The first-order chi connectivity index (χ1) is 9.16. The zero-order valence-corrected chi connectivity index (χ0v) is 12.4. The summed E-state index contributed by atoms with van der Waals surface area (Å²) in [5.41, 5.74) is 7.53. The van der Waals surface area contributed by atoms with E-state index in [2.05, 4.69) is 5.32 Å². The van der Waals surface area contributed by atoms with Gasteiger partial charge in [-0.3, -0.25) is 0 Å². The summed E-state index contributed by atoms with van der Waals surface area (Å²) >= 11 is 11.3. The topological polar surface area (TPSA) is 38.0 Å². The molecule has 0 spiro atoms. The van der Waals surface area contributed by atoms with Crippen molar-refractivity contribution in [2.45, 2.75) is 25.7 Å². The van der Waals surface area contributed by atoms with Crippen molar-refractivity contribution in [3.63, 3.8) is 0 Å². The van der Waals surface area contributed by atoms with Gasteiger partial charge in [-0.1, -0.05) is 29.9 Å². The number of benzene rings is 1. The normalized spacial score (nSPS) is 18.6. The van der Waals surface area contributed by atoms with Crippen LogP contribution in [-0.4, -0.2) is 11.5 Å². The van der Waals surface area contributed by atoms with Crippen molar-refractivity contribution >= 4 is 34.5 Å². The minimum Gasteiger partial charge on any atom is -0.389 e. The average Bonchev–Trinajstić information content (AvgIpc) is 3.23. The highest BCUT2D eigenvalue weighted by atomic mass is 35.5. The Bertz CT molecular complexity index is 483. The zero-order chi connectivity index (χ0) is 13.4. The van der Waals surface area contributed by atoms with Gasteiger partial charge in [0.2, 0.25) is 0 Å². The smallest absolute Gasteiger partial charge is 0.107 e. The Morgan fingerprint density at radius 2 is 1.95 bits per heavy atom. The second kappa shape index (κ2) is 5.29. The van der Waals surface area contributed by atoms with Crippen molar-refractivity contribution in [3.8, 4) is 0 Å². The Labute approximate surface area is 124 Å². The van der Waals surface area contributed by atoms with Gasteiger partial charge < -0.3 is 11.1 Å². The molecule has 0 atom stereocenters. The molecule has 102 valence electrons. The summed E-state index contributed by atoms with van der Waals surface area (Å²) in [5.74, 6) is 2.69. The molecule has 0 amide bonds. The molecule has 3 N–H and O–H groups in total. The molecule has 0 aliphatic heterocycles. The van der Waals surface area contributed by atoms with Crippen LogP contribution in [0.1, 0.15) is 31.2 Å². The molecule has 3 rings (SSSR count). The van der Waals surface area contributed by atoms with Gasteiger partial charge in [0.25, 0.3) is 0 Å². The lowest BCUT2D eigenvalue weighted by atomic mass is 9.97. The lowest BCUT2D eigenvalue weighted by Gasteiger charge is -2.19. The summed E-state index contributed by atoms with van der Waals surface area (Å²) in [6.07, 6.45) is 5.61. The van der Waals surface area contributed by atoms with Crippen LogP contribution in [0.15, 0.2) is 18.2 Å². The first kappa shape index (κ1) is 13.2. The highest BCUT2D eigenvalue weighted by Gasteiger charge is 2.41. The standard InChI is InChI=1S/C15H19ClN2S/c16-12-2-1-3-13(14(12)15(17)19)18-8-11(9-4-5-9)10-6-7-10/h1-3,9-11,18H,4-8H2,(H2,17,19). The maximum Gasteiger partial charge on any atom is 0.107 e. The number of thiocarbonyl (C=S) groups is 1. The third-order valence-corrected chi connectivity index (χ3v) is 4.76. The van der Waals surface area contributed by atoms with E-state index in [4.69, 9.17) is 29.6 Å². The molecule has 19 heavy (non-hydrogen) atoms. The molecule has 1 aromatic carbocycles. The number of nitrogens with two attached hydrogens (primary N) is 1. The van der Waals surface area contributed by atoms with Crippen molar-refractivity contribution < 1.29 is 0 Å². The van der Waals surface area contributed by atoms with E-state index >= 15 is 0 Å². The van der Waals surface area contributed by atoms with Crippen molar-refractivity contribution in [1.29, 1.82) is 0 Å². The molecule has 2 nitrogen and oxygen atoms in total. The molecule has 2 fully saturated rings. The predicted molar refractivity (Wildman–Crippen MR) is 84.8 cm³/mol. The molecule has 4 heteroatoms. The lowest BCUT2D eigenvalue weighted by Crippen LogP contribution is -2.21. The second-order valence-corrected chi connectivity index (χ2v) is 6.59. The Balaban J connectivity index is 1.72. The Kier molecular flexibility index (Phi) is 3.68. The van der Waals surface area contributed by atoms with Crippen LogP contribution in [0, 0.1) is 17.8 Å². The monoisotopic (exact) mass is 294 g/mol. The average molecular weight is 295 g/mol. The fourth-order valence-electron chi connectivity index (χ4n) is 2.92. The summed E-state index contributed by atoms with van der Waals surface area (Å²) in [4.78, 5) is 0.363. The molecule has 2 saturated carbocycles.